The number of ether oxygens (including phenoxy) is 4. The summed E-state index contributed by atoms with van der Waals surface area (Å²) >= 11 is 4.76. The first kappa shape index (κ1) is 102. The molecule has 0 aromatic carbocycles. The first-order valence-corrected chi connectivity index (χ1v) is 52.4. The van der Waals surface area contributed by atoms with Gasteiger partial charge in [0.05, 0.1) is 146 Å². The van der Waals surface area contributed by atoms with Crippen LogP contribution >= 0.6 is 34.0 Å². The average Bonchev–Trinajstić information content (AvgIpc) is 1.64. The molecule has 0 radical (unpaired) electrons. The highest BCUT2D eigenvalue weighted by Crippen LogP contribution is 2.50. The van der Waals surface area contributed by atoms with Crippen molar-refractivity contribution >= 4 is 104 Å². The molecule has 6 saturated heterocycles. The number of epoxide rings is 3. The predicted octanol–water partition coefficient (Wildman–Crippen LogP) is 18.6. The highest BCUT2D eigenvalue weighted by atomic mass is 32.1. The Morgan fingerprint density at radius 2 is 0.815 bits per heavy atom. The molecule has 21 nitrogen and oxygen atoms in total. The number of aromatic nitrogens is 3. The normalized spacial score (nSPS) is 35.1. The molecule has 3 aromatic heterocycles. The second kappa shape index (κ2) is 40.1. The summed E-state index contributed by atoms with van der Waals surface area (Å²) in [6.07, 6.45) is 9.95. The number of ketones is 3. The predicted molar refractivity (Wildman–Crippen MR) is 484 cm³/mol. The molecule has 9 rings (SSSR count). The van der Waals surface area contributed by atoms with Crippen LogP contribution in [0.4, 0.5) is 0 Å². The summed E-state index contributed by atoms with van der Waals surface area (Å²) in [4.78, 5) is 95.1. The number of Topliss-reactive ketones (excluding diaryl/α,β-unsaturated/α-hetero) is 3. The Morgan fingerprint density at radius 3 is 1.19 bits per heavy atom. The second-order valence-corrected chi connectivity index (χ2v) is 54.5. The zero-order valence-corrected chi connectivity index (χ0v) is 82.7. The van der Waals surface area contributed by atoms with Gasteiger partial charge in [-0.15, -0.1) is 34.0 Å². The van der Waals surface area contributed by atoms with Crippen molar-refractivity contribution in [3.63, 3.8) is 0 Å². The number of cyclic esters (lactones) is 1. The van der Waals surface area contributed by atoms with Gasteiger partial charge in [-0.05, 0) is 190 Å². The van der Waals surface area contributed by atoms with Crippen molar-refractivity contribution in [2.45, 2.75) is 409 Å². The number of carbonyl (C=O) groups excluding carboxylic acids is 6. The maximum absolute atomic E-state index is 14.1. The number of hydrogen-bond acceptors (Lipinski definition) is 22. The van der Waals surface area contributed by atoms with E-state index in [0.717, 1.165) is 107 Å². The van der Waals surface area contributed by atoms with Crippen LogP contribution in [0, 0.1) is 72.5 Å². The Balaban J connectivity index is 0.000000247. The number of aryl methyl sites for hydroxylation is 3. The number of carbonyl (C=O) groups is 6. The summed E-state index contributed by atoms with van der Waals surface area (Å²) in [6.45, 7) is 62.3. The van der Waals surface area contributed by atoms with Crippen LogP contribution < -0.4 is 10.6 Å². The smallest absolute Gasteiger partial charge is 0.309 e. The van der Waals surface area contributed by atoms with E-state index in [1.807, 2.05) is 117 Å². The highest BCUT2D eigenvalue weighted by molar-refractivity contribution is 7.10. The minimum atomic E-state index is -2.35. The highest BCUT2D eigenvalue weighted by Gasteiger charge is 2.57. The van der Waals surface area contributed by atoms with E-state index in [1.54, 1.807) is 68.6 Å². The SMILES string of the molecule is C/C(=C\c1csc(C)n1)[C@@H]1C[C@@H]2O[C@]2(C)CCC[C@H](C)[C@H](O)[C@@H](C)C(=O)C(C)(C)[C@@H](O)CC(=O)O1.C/C(=C\c1csc(C)n1)[C@@H]1C[C@@H]2O[C@]2(C)CCC[C@H](C)[C@H](O)[C@@H](C)C(=O)C(C)(C)[C@@H](O[Si](C)(C)C(C)(C)C)CC(=O)N1.C/C(=C\c1csc(C)n1)[C@@H]1C[C@@H]2O[C@]2(C)CCC[C@H](C)[C@H](O[Si](C)(C)C(C)(C)C)[C@@H](C)C(=O)C(C)(C)[C@@H](O)CC(=O)N1. The van der Waals surface area contributed by atoms with E-state index in [1.165, 1.54) is 0 Å². The number of fused-ring (bicyclic) bond motifs is 3. The number of thiazole rings is 3. The van der Waals surface area contributed by atoms with Gasteiger partial charge in [0.25, 0.3) is 0 Å². The third-order valence-electron chi connectivity index (χ3n) is 28.5. The van der Waals surface area contributed by atoms with Crippen molar-refractivity contribution in [3.8, 4) is 0 Å². The van der Waals surface area contributed by atoms with Crippen LogP contribution in [0.25, 0.3) is 18.2 Å². The summed E-state index contributed by atoms with van der Waals surface area (Å²) < 4.78 is 38.3. The number of esters is 1. The molecule has 26 heteroatoms. The van der Waals surface area contributed by atoms with Gasteiger partial charge in [-0.3, -0.25) is 28.8 Å². The van der Waals surface area contributed by atoms with Crippen molar-refractivity contribution in [1.29, 1.82) is 0 Å². The van der Waals surface area contributed by atoms with Crippen molar-refractivity contribution in [2.24, 2.45) is 51.8 Å². The first-order valence-electron chi connectivity index (χ1n) is 43.9. The molecule has 21 atom stereocenters. The van der Waals surface area contributed by atoms with E-state index >= 15 is 0 Å². The van der Waals surface area contributed by atoms with E-state index < -0.39 is 93.2 Å². The summed E-state index contributed by atoms with van der Waals surface area (Å²) in [5.41, 5.74) is 1.39. The van der Waals surface area contributed by atoms with Gasteiger partial charge in [0, 0.05) is 58.6 Å². The molecule has 119 heavy (non-hydrogen) atoms. The maximum atomic E-state index is 14.1. The Bertz CT molecular complexity index is 4070. The summed E-state index contributed by atoms with van der Waals surface area (Å²) in [7, 11) is -4.53. The number of nitrogens with one attached hydrogen (secondary N) is 2. The van der Waals surface area contributed by atoms with Gasteiger partial charge in [-0.2, -0.15) is 0 Å². The molecule has 672 valence electrons. The Labute approximate surface area is 728 Å². The van der Waals surface area contributed by atoms with E-state index in [2.05, 4.69) is 121 Å². The third-order valence-corrected chi connectivity index (χ3v) is 39.8. The van der Waals surface area contributed by atoms with Gasteiger partial charge in [0.15, 0.2) is 16.6 Å². The van der Waals surface area contributed by atoms with E-state index in [-0.39, 0.29) is 130 Å². The average molecular weight is 1750 g/mol. The van der Waals surface area contributed by atoms with Crippen LogP contribution in [0.2, 0.25) is 36.3 Å². The van der Waals surface area contributed by atoms with Gasteiger partial charge in [0.1, 0.15) is 23.5 Å². The van der Waals surface area contributed by atoms with Crippen molar-refractivity contribution in [2.75, 3.05) is 0 Å². The van der Waals surface area contributed by atoms with Crippen LogP contribution in [-0.4, -0.2) is 177 Å². The van der Waals surface area contributed by atoms with E-state index in [9.17, 15) is 49.2 Å². The Kier molecular flexibility index (Phi) is 34.2. The lowest BCUT2D eigenvalue weighted by Gasteiger charge is -2.44. The first-order chi connectivity index (χ1) is 54.6. The van der Waals surface area contributed by atoms with Gasteiger partial charge >= 0.3 is 5.97 Å². The van der Waals surface area contributed by atoms with E-state index in [0.29, 0.717) is 19.3 Å². The van der Waals surface area contributed by atoms with Gasteiger partial charge < -0.3 is 58.9 Å². The fourth-order valence-electron chi connectivity index (χ4n) is 16.9. The molecule has 6 aliphatic rings. The summed E-state index contributed by atoms with van der Waals surface area (Å²) in [6, 6.07) is -0.489. The number of rotatable bonds is 10. The molecular formula is C93H153N5O16S3Si2. The van der Waals surface area contributed by atoms with Gasteiger partial charge in [-0.1, -0.05) is 144 Å². The molecule has 9 heterocycles. The van der Waals surface area contributed by atoms with Crippen LogP contribution in [-0.2, 0) is 56.6 Å². The third kappa shape index (κ3) is 26.6. The minimum absolute atomic E-state index is 0.00183. The lowest BCUT2D eigenvalue weighted by atomic mass is 9.72. The Morgan fingerprint density at radius 1 is 0.479 bits per heavy atom. The zero-order valence-electron chi connectivity index (χ0n) is 78.2. The van der Waals surface area contributed by atoms with Gasteiger partial charge in [-0.25, -0.2) is 15.0 Å². The summed E-state index contributed by atoms with van der Waals surface area (Å²) in [5.74, 6) is -2.97. The molecule has 0 spiro atoms. The molecule has 0 aliphatic carbocycles. The molecule has 2 amide bonds. The van der Waals surface area contributed by atoms with E-state index in [4.69, 9.17) is 27.8 Å². The largest absolute Gasteiger partial charge is 0.458 e. The molecule has 3 aromatic rings. The number of amides is 2. The standard InChI is InChI=1S/2C33H56N2O5SSi.C27H41NO6S/c1-20-14-13-15-33(10)27(39-33)17-25(21(2)16-24-19-41-23(4)34-24)35-28(36)18-26(40-42(11,12)31(5,6)7)32(8,9)30(38)22(3)29(20)37;1-20-14-13-15-33(10)27(39-33)17-25(21(2)16-24-19-41-23(4)34-24)35-28(37)18-26(36)32(8,9)30(38)22(3)29(20)40-42(11,12)31(5,6)7;1-15-9-8-10-27(7)22(34-27)12-20(16(2)11-19-14-35-18(4)28-19)33-23(30)13-21(29)26(5,6)25(32)17(3)24(15)31/h16,19-20,22,25-27,29,37H,13-15,17-18H2,1-12H3,(H,35,36);16,19-20,22,25-27,29,36H,13-15,17-18H2,1-12H3,(H,35,37);11,14-15,17,20-22,24,29,31H,8-10,12-13H2,1-7H3/b2*21-16+;16-11+/t2*20-,22+,25-,26-,27-,29-,33+;15-,17+,20-,21-,22-,24-,27+/m000/s1. The topological polar surface area (TPSA) is 311 Å². The van der Waals surface area contributed by atoms with Crippen LogP contribution in [0.15, 0.2) is 32.9 Å². The molecule has 0 unspecified atom stereocenters. The van der Waals surface area contributed by atoms with Crippen molar-refractivity contribution in [3.05, 3.63) is 65.0 Å². The van der Waals surface area contributed by atoms with Crippen LogP contribution in [0.5, 0.6) is 0 Å². The van der Waals surface area contributed by atoms with Crippen LogP contribution in [0.1, 0.15) is 295 Å². The fraction of sp³-hybridized carbons (Fsp3) is 0.774. The number of nitrogens with zero attached hydrogens (tertiary/aromatic N) is 3. The number of aliphatic hydroxyl groups is 4. The maximum Gasteiger partial charge on any atom is 0.309 e. The fourth-order valence-corrected chi connectivity index (χ4v) is 21.5. The minimum Gasteiger partial charge on any atom is -0.458 e. The lowest BCUT2D eigenvalue weighted by Crippen LogP contribution is -2.53. The quantitative estimate of drug-likeness (QED) is 0.0624. The van der Waals surface area contributed by atoms with Crippen LogP contribution in [0.3, 0.4) is 0 Å². The Hall–Kier alpha value is -4.40. The zero-order chi connectivity index (χ0) is 89.8. The molecule has 6 N–H and O–H groups in total. The molecular weight excluding hydrogens is 1600 g/mol. The summed E-state index contributed by atoms with van der Waals surface area (Å²) in [5, 5.41) is 59.6. The molecule has 0 saturated carbocycles. The van der Waals surface area contributed by atoms with Crippen molar-refractivity contribution < 1.29 is 77.0 Å². The second-order valence-electron chi connectivity index (χ2n) is 41.8. The molecule has 6 fully saturated rings. The lowest BCUT2D eigenvalue weighted by molar-refractivity contribution is -0.155. The number of hydrogen-bond donors (Lipinski definition) is 6. The molecule has 0 bridgehead atoms. The van der Waals surface area contributed by atoms with Gasteiger partial charge in [0.2, 0.25) is 11.8 Å². The molecule has 6 aliphatic heterocycles. The van der Waals surface area contributed by atoms with Crippen molar-refractivity contribution in [1.82, 2.24) is 25.6 Å². The number of aliphatic hydroxyl groups excluding tert-OH is 4. The monoisotopic (exact) mass is 1750 g/mol.